The van der Waals surface area contributed by atoms with Gasteiger partial charge in [-0.25, -0.2) is 4.39 Å². The van der Waals surface area contributed by atoms with Gasteiger partial charge in [0.1, 0.15) is 17.9 Å². The van der Waals surface area contributed by atoms with E-state index in [0.717, 1.165) is 0 Å². The summed E-state index contributed by atoms with van der Waals surface area (Å²) in [5.74, 6) is -1.28. The molecule has 0 bridgehead atoms. The molecule has 1 fully saturated rings. The Morgan fingerprint density at radius 2 is 1.91 bits per heavy atom. The molecule has 4 rings (SSSR count). The normalized spacial score (nSPS) is 18.8. The van der Waals surface area contributed by atoms with Gasteiger partial charge in [0.25, 0.3) is 5.89 Å². The van der Waals surface area contributed by atoms with Gasteiger partial charge in [0.05, 0.1) is 19.1 Å². The van der Waals surface area contributed by atoms with Gasteiger partial charge >= 0.3 is 0 Å². The molecule has 9 nitrogen and oxygen atoms in total. The maximum Gasteiger partial charge on any atom is 0.251 e. The minimum Gasteiger partial charge on any atom is -0.394 e. The molecule has 1 saturated heterocycles. The Balaban J connectivity index is 1.46. The molecule has 33 heavy (non-hydrogen) atoms. The molecule has 0 saturated carbocycles. The fourth-order valence-electron chi connectivity index (χ4n) is 3.78. The zero-order chi connectivity index (χ0) is 23.4. The molecule has 3 N–H and O–H groups in total. The standard InChI is InChI=1S/C23H23FN4O5/c24-17-9-5-4-8-15(17)10-20(31)28-12-16(30)11-19(28)22(32)25-18(13-29)23-26-21(27-33-23)14-6-2-1-3-7-14/h1-9,16,18-19,29-30H,10-13H2,(H,25,32). The van der Waals surface area contributed by atoms with Crippen LogP contribution in [0.5, 0.6) is 0 Å². The van der Waals surface area contributed by atoms with E-state index in [4.69, 9.17) is 4.52 Å². The van der Waals surface area contributed by atoms with Crippen LogP contribution >= 0.6 is 0 Å². The topological polar surface area (TPSA) is 129 Å². The number of aromatic nitrogens is 2. The summed E-state index contributed by atoms with van der Waals surface area (Å²) in [7, 11) is 0. The number of nitrogens with one attached hydrogen (secondary N) is 1. The van der Waals surface area contributed by atoms with Crippen molar-refractivity contribution in [2.24, 2.45) is 0 Å². The lowest BCUT2D eigenvalue weighted by Crippen LogP contribution is -2.47. The summed E-state index contributed by atoms with van der Waals surface area (Å²) < 4.78 is 19.2. The maximum atomic E-state index is 13.9. The zero-order valence-electron chi connectivity index (χ0n) is 17.6. The smallest absolute Gasteiger partial charge is 0.251 e. The van der Waals surface area contributed by atoms with Crippen molar-refractivity contribution < 1.29 is 28.7 Å². The Labute approximate surface area is 188 Å². The quantitative estimate of drug-likeness (QED) is 0.490. The molecule has 0 radical (unpaired) electrons. The number of rotatable bonds is 7. The van der Waals surface area contributed by atoms with E-state index in [1.807, 2.05) is 18.2 Å². The number of carbonyl (C=O) groups excluding carboxylic acids is 2. The van der Waals surface area contributed by atoms with E-state index in [9.17, 15) is 24.2 Å². The van der Waals surface area contributed by atoms with Crippen LogP contribution in [0.15, 0.2) is 59.1 Å². The SMILES string of the molecule is O=C(NC(CO)c1nc(-c2ccccc2)no1)C1CC(O)CN1C(=O)Cc1ccccc1F. The first kappa shape index (κ1) is 22.6. The molecule has 3 atom stereocenters. The number of aliphatic hydroxyl groups is 2. The molecule has 172 valence electrons. The van der Waals surface area contributed by atoms with Crippen molar-refractivity contribution in [3.05, 3.63) is 71.9 Å². The second kappa shape index (κ2) is 9.88. The van der Waals surface area contributed by atoms with Crippen molar-refractivity contribution in [3.8, 4) is 11.4 Å². The predicted octanol–water partition coefficient (Wildman–Crippen LogP) is 1.23. The van der Waals surface area contributed by atoms with Crippen LogP contribution in [0.25, 0.3) is 11.4 Å². The van der Waals surface area contributed by atoms with Crippen LogP contribution in [0.3, 0.4) is 0 Å². The van der Waals surface area contributed by atoms with Gasteiger partial charge in [0.15, 0.2) is 0 Å². The highest BCUT2D eigenvalue weighted by Crippen LogP contribution is 2.23. The number of benzene rings is 2. The fourth-order valence-corrected chi connectivity index (χ4v) is 3.78. The fraction of sp³-hybridized carbons (Fsp3) is 0.304. The monoisotopic (exact) mass is 454 g/mol. The lowest BCUT2D eigenvalue weighted by atomic mass is 10.1. The number of halogens is 1. The van der Waals surface area contributed by atoms with Gasteiger partial charge in [-0.15, -0.1) is 0 Å². The number of likely N-dealkylation sites (tertiary alicyclic amines) is 1. The Kier molecular flexibility index (Phi) is 6.76. The van der Waals surface area contributed by atoms with Crippen LogP contribution in [0, 0.1) is 5.82 Å². The lowest BCUT2D eigenvalue weighted by molar-refractivity contribution is -0.138. The van der Waals surface area contributed by atoms with Gasteiger partial charge in [0.2, 0.25) is 17.6 Å². The number of carbonyl (C=O) groups is 2. The largest absolute Gasteiger partial charge is 0.394 e. The van der Waals surface area contributed by atoms with Gasteiger partial charge in [-0.2, -0.15) is 4.98 Å². The van der Waals surface area contributed by atoms with E-state index in [2.05, 4.69) is 15.5 Å². The van der Waals surface area contributed by atoms with Gasteiger partial charge in [-0.1, -0.05) is 53.7 Å². The zero-order valence-corrected chi connectivity index (χ0v) is 17.6. The van der Waals surface area contributed by atoms with Gasteiger partial charge < -0.3 is 25.0 Å². The first-order chi connectivity index (χ1) is 16.0. The summed E-state index contributed by atoms with van der Waals surface area (Å²) >= 11 is 0. The maximum absolute atomic E-state index is 13.9. The van der Waals surface area contributed by atoms with Crippen LogP contribution in [-0.2, 0) is 16.0 Å². The van der Waals surface area contributed by atoms with Crippen molar-refractivity contribution in [2.75, 3.05) is 13.2 Å². The molecule has 3 aromatic rings. The number of β-amino-alcohol motifs (C(OH)–C–C–N with tert-alkyl or cyclic N) is 1. The Hall–Kier alpha value is -3.63. The summed E-state index contributed by atoms with van der Waals surface area (Å²) in [5, 5.41) is 26.4. The highest BCUT2D eigenvalue weighted by molar-refractivity contribution is 5.89. The molecule has 0 spiro atoms. The lowest BCUT2D eigenvalue weighted by Gasteiger charge is -2.25. The number of hydrogen-bond donors (Lipinski definition) is 3. The highest BCUT2D eigenvalue weighted by atomic mass is 19.1. The van der Waals surface area contributed by atoms with Crippen molar-refractivity contribution in [2.45, 2.75) is 31.0 Å². The minimum atomic E-state index is -0.997. The molecule has 3 unspecified atom stereocenters. The van der Waals surface area contributed by atoms with E-state index >= 15 is 0 Å². The van der Waals surface area contributed by atoms with Crippen LogP contribution in [0.1, 0.15) is 23.9 Å². The first-order valence-electron chi connectivity index (χ1n) is 10.5. The van der Waals surface area contributed by atoms with Crippen molar-refractivity contribution in [3.63, 3.8) is 0 Å². The summed E-state index contributed by atoms with van der Waals surface area (Å²) in [6.45, 7) is -0.561. The van der Waals surface area contributed by atoms with Crippen molar-refractivity contribution in [1.82, 2.24) is 20.4 Å². The summed E-state index contributed by atoms with van der Waals surface area (Å²) in [6, 6.07) is 13.0. The highest BCUT2D eigenvalue weighted by Gasteiger charge is 2.40. The van der Waals surface area contributed by atoms with Gasteiger partial charge in [-0.05, 0) is 11.6 Å². The van der Waals surface area contributed by atoms with Gasteiger partial charge in [0, 0.05) is 18.5 Å². The number of amides is 2. The second-order valence-electron chi connectivity index (χ2n) is 7.79. The Bertz CT molecular complexity index is 1120. The minimum absolute atomic E-state index is 0.00693. The average Bonchev–Trinajstić information content (AvgIpc) is 3.47. The predicted molar refractivity (Wildman–Crippen MR) is 114 cm³/mol. The molecule has 1 aromatic heterocycles. The third-order valence-electron chi connectivity index (χ3n) is 5.47. The third-order valence-corrected chi connectivity index (χ3v) is 5.47. The molecule has 2 aromatic carbocycles. The Morgan fingerprint density at radius 3 is 2.64 bits per heavy atom. The van der Waals surface area contributed by atoms with Gasteiger partial charge in [-0.3, -0.25) is 9.59 Å². The molecule has 2 heterocycles. The molecule has 2 amide bonds. The molecule has 1 aliphatic rings. The van der Waals surface area contributed by atoms with Crippen LogP contribution in [0.2, 0.25) is 0 Å². The van der Waals surface area contributed by atoms with Crippen LogP contribution in [0.4, 0.5) is 4.39 Å². The molecule has 1 aliphatic heterocycles. The average molecular weight is 454 g/mol. The van der Waals surface area contributed by atoms with E-state index in [1.165, 1.54) is 23.1 Å². The first-order valence-corrected chi connectivity index (χ1v) is 10.5. The second-order valence-corrected chi connectivity index (χ2v) is 7.79. The van der Waals surface area contributed by atoms with E-state index in [-0.39, 0.29) is 30.8 Å². The molecular formula is C23H23FN4O5. The van der Waals surface area contributed by atoms with E-state index in [0.29, 0.717) is 11.4 Å². The molecule has 0 aliphatic carbocycles. The summed E-state index contributed by atoms with van der Waals surface area (Å²) in [6.07, 6.45) is -1.12. The third kappa shape index (κ3) is 5.07. The van der Waals surface area contributed by atoms with Crippen molar-refractivity contribution >= 4 is 11.8 Å². The number of nitrogens with zero attached hydrogens (tertiary/aromatic N) is 3. The number of aliphatic hydroxyl groups excluding tert-OH is 2. The molecular weight excluding hydrogens is 431 g/mol. The number of hydrogen-bond acceptors (Lipinski definition) is 7. The summed E-state index contributed by atoms with van der Waals surface area (Å²) in [4.78, 5) is 31.2. The van der Waals surface area contributed by atoms with E-state index < -0.39 is 42.4 Å². The summed E-state index contributed by atoms with van der Waals surface area (Å²) in [5.41, 5.74) is 0.912. The van der Waals surface area contributed by atoms with E-state index in [1.54, 1.807) is 18.2 Å². The van der Waals surface area contributed by atoms with Crippen LogP contribution in [-0.4, -0.2) is 62.4 Å². The Morgan fingerprint density at radius 1 is 1.18 bits per heavy atom. The van der Waals surface area contributed by atoms with Crippen molar-refractivity contribution in [1.29, 1.82) is 0 Å². The van der Waals surface area contributed by atoms with Crippen LogP contribution < -0.4 is 5.32 Å². The molecule has 10 heteroatoms.